The van der Waals surface area contributed by atoms with Gasteiger partial charge in [0.1, 0.15) is 31.0 Å². The van der Waals surface area contributed by atoms with Crippen LogP contribution in [0.15, 0.2) is 18.3 Å². The Morgan fingerprint density at radius 1 is 1.04 bits per heavy atom. The van der Waals surface area contributed by atoms with E-state index < -0.39 is 16.1 Å². The van der Waals surface area contributed by atoms with Gasteiger partial charge in [-0.3, -0.25) is 0 Å². The van der Waals surface area contributed by atoms with E-state index in [9.17, 15) is 5.26 Å². The molecule has 0 N–H and O–H groups in total. The van der Waals surface area contributed by atoms with Crippen LogP contribution in [0, 0.1) is 11.3 Å². The number of rotatable bonds is 11. The second kappa shape index (κ2) is 9.65. The van der Waals surface area contributed by atoms with Crippen LogP contribution >= 0.6 is 0 Å². The van der Waals surface area contributed by atoms with Gasteiger partial charge in [0.2, 0.25) is 0 Å². The van der Waals surface area contributed by atoms with Crippen LogP contribution in [-0.2, 0) is 9.47 Å². The molecule has 2 heterocycles. The molecule has 0 radical (unpaired) electrons. The van der Waals surface area contributed by atoms with Crippen LogP contribution in [0.1, 0.15) is 5.69 Å². The Labute approximate surface area is 170 Å². The number of nitrogens with zero attached hydrogens (tertiary/aromatic N) is 5. The number of anilines is 1. The van der Waals surface area contributed by atoms with Gasteiger partial charge in [0.05, 0.1) is 6.20 Å². The molecule has 2 aromatic heterocycles. The highest BCUT2D eigenvalue weighted by atomic mass is 28.3. The molecular formula is C19H33N5O2Si2. The van der Waals surface area contributed by atoms with Gasteiger partial charge in [0.15, 0.2) is 5.65 Å². The summed E-state index contributed by atoms with van der Waals surface area (Å²) in [6.07, 6.45) is 1.68. The van der Waals surface area contributed by atoms with E-state index in [0.29, 0.717) is 24.8 Å². The van der Waals surface area contributed by atoms with Crippen molar-refractivity contribution < 1.29 is 9.47 Å². The minimum absolute atomic E-state index is 0.359. The molecule has 0 aliphatic heterocycles. The van der Waals surface area contributed by atoms with Gasteiger partial charge in [-0.1, -0.05) is 39.3 Å². The summed E-state index contributed by atoms with van der Waals surface area (Å²) in [7, 11) is -2.30. The van der Waals surface area contributed by atoms with Gasteiger partial charge >= 0.3 is 0 Å². The van der Waals surface area contributed by atoms with E-state index in [1.54, 1.807) is 22.8 Å². The molecule has 0 aliphatic rings. The zero-order chi connectivity index (χ0) is 20.8. The molecular weight excluding hydrogens is 386 g/mol. The molecule has 28 heavy (non-hydrogen) atoms. The fourth-order valence-corrected chi connectivity index (χ4v) is 3.97. The van der Waals surface area contributed by atoms with Crippen molar-refractivity contribution >= 4 is 27.6 Å². The molecule has 154 valence electrons. The van der Waals surface area contributed by atoms with E-state index >= 15 is 0 Å². The van der Waals surface area contributed by atoms with Crippen molar-refractivity contribution in [1.82, 2.24) is 14.6 Å². The summed E-state index contributed by atoms with van der Waals surface area (Å²) in [5.74, 6) is 0.757. The Bertz CT molecular complexity index is 783. The number of hydrogen-bond acceptors (Lipinski definition) is 6. The first-order valence-electron chi connectivity index (χ1n) is 9.74. The minimum Gasteiger partial charge on any atom is -0.361 e. The highest BCUT2D eigenvalue weighted by Crippen LogP contribution is 2.18. The molecule has 7 nitrogen and oxygen atoms in total. The van der Waals surface area contributed by atoms with Crippen LogP contribution in [0.3, 0.4) is 0 Å². The molecule has 0 aromatic carbocycles. The van der Waals surface area contributed by atoms with Crippen LogP contribution in [-0.4, -0.2) is 57.4 Å². The van der Waals surface area contributed by atoms with Crippen LogP contribution < -0.4 is 4.90 Å². The average molecular weight is 420 g/mol. The Hall–Kier alpha value is -1.74. The average Bonchev–Trinajstić information content (AvgIpc) is 3.06. The standard InChI is InChI=1S/C19H33N5O2Si2/c1-27(2,3)11-9-25-15-23(16-26-10-12-28(4,5)6)19-13-17(14-20)22-18-7-8-21-24(18)19/h7-8,13H,9-12,15-16H2,1-6H3. The van der Waals surface area contributed by atoms with Crippen molar-refractivity contribution in [2.75, 3.05) is 31.6 Å². The summed E-state index contributed by atoms with van der Waals surface area (Å²) in [6, 6.07) is 7.87. The Morgan fingerprint density at radius 2 is 1.61 bits per heavy atom. The van der Waals surface area contributed by atoms with Crippen molar-refractivity contribution in [3.63, 3.8) is 0 Å². The number of ether oxygens (including phenoxy) is 2. The molecule has 0 atom stereocenters. The zero-order valence-corrected chi connectivity index (χ0v) is 20.0. The summed E-state index contributed by atoms with van der Waals surface area (Å²) in [5, 5.41) is 13.7. The summed E-state index contributed by atoms with van der Waals surface area (Å²) < 4.78 is 13.7. The van der Waals surface area contributed by atoms with Crippen molar-refractivity contribution in [2.45, 2.75) is 51.4 Å². The monoisotopic (exact) mass is 419 g/mol. The van der Waals surface area contributed by atoms with Crippen LogP contribution in [0.5, 0.6) is 0 Å². The summed E-state index contributed by atoms with van der Waals surface area (Å²) in [5.41, 5.74) is 1.00. The minimum atomic E-state index is -1.15. The van der Waals surface area contributed by atoms with Gasteiger partial charge in [-0.25, -0.2) is 4.98 Å². The van der Waals surface area contributed by atoms with E-state index in [0.717, 1.165) is 31.1 Å². The first-order chi connectivity index (χ1) is 13.1. The molecule has 0 fully saturated rings. The lowest BCUT2D eigenvalue weighted by Gasteiger charge is -2.26. The summed E-state index contributed by atoms with van der Waals surface area (Å²) in [4.78, 5) is 6.28. The molecule has 0 saturated carbocycles. The predicted octanol–water partition coefficient (Wildman–Crippen LogP) is 4.03. The maximum absolute atomic E-state index is 9.33. The van der Waals surface area contributed by atoms with Gasteiger partial charge in [0, 0.05) is 41.5 Å². The van der Waals surface area contributed by atoms with Crippen molar-refractivity contribution in [1.29, 1.82) is 5.26 Å². The first kappa shape index (κ1) is 22.6. The highest BCUT2D eigenvalue weighted by Gasteiger charge is 2.17. The molecule has 0 amide bonds. The van der Waals surface area contributed by atoms with E-state index in [1.165, 1.54) is 0 Å². The molecule has 0 saturated heterocycles. The second-order valence-corrected chi connectivity index (χ2v) is 20.7. The van der Waals surface area contributed by atoms with E-state index in [1.807, 2.05) is 4.90 Å². The Kier molecular flexibility index (Phi) is 7.77. The van der Waals surface area contributed by atoms with Gasteiger partial charge in [-0.2, -0.15) is 14.9 Å². The molecule has 0 unspecified atom stereocenters. The highest BCUT2D eigenvalue weighted by molar-refractivity contribution is 6.76. The topological polar surface area (TPSA) is 75.7 Å². The third-order valence-electron chi connectivity index (χ3n) is 4.27. The molecule has 9 heteroatoms. The maximum atomic E-state index is 9.33. The molecule has 2 aromatic rings. The number of hydrogen-bond donors (Lipinski definition) is 0. The van der Waals surface area contributed by atoms with Crippen molar-refractivity contribution in [2.24, 2.45) is 0 Å². The maximum Gasteiger partial charge on any atom is 0.158 e. The second-order valence-electron chi connectivity index (χ2n) is 9.45. The summed E-state index contributed by atoms with van der Waals surface area (Å²) in [6.45, 7) is 16.2. The smallest absolute Gasteiger partial charge is 0.158 e. The van der Waals surface area contributed by atoms with Gasteiger partial charge in [-0.05, 0) is 12.1 Å². The van der Waals surface area contributed by atoms with Crippen LogP contribution in [0.4, 0.5) is 5.82 Å². The fourth-order valence-electron chi connectivity index (χ4n) is 2.45. The largest absolute Gasteiger partial charge is 0.361 e. The lowest BCUT2D eigenvalue weighted by molar-refractivity contribution is 0.0942. The fraction of sp³-hybridized carbons (Fsp3) is 0.632. The molecule has 2 rings (SSSR count). The SMILES string of the molecule is C[Si](C)(C)CCOCN(COCC[Si](C)(C)C)c1cc(C#N)nc2ccnn12. The quantitative estimate of drug-likeness (QED) is 0.311. The van der Waals surface area contributed by atoms with E-state index in [2.05, 4.69) is 55.4 Å². The van der Waals surface area contributed by atoms with Crippen LogP contribution in [0.2, 0.25) is 51.4 Å². The third-order valence-corrected chi connectivity index (χ3v) is 7.67. The lowest BCUT2D eigenvalue weighted by Crippen LogP contribution is -2.33. The van der Waals surface area contributed by atoms with E-state index in [-0.39, 0.29) is 0 Å². The van der Waals surface area contributed by atoms with Gasteiger partial charge < -0.3 is 14.4 Å². The number of fused-ring (bicyclic) bond motifs is 1. The Balaban J connectivity index is 2.13. The normalized spacial score (nSPS) is 12.3. The van der Waals surface area contributed by atoms with Crippen molar-refractivity contribution in [3.8, 4) is 6.07 Å². The summed E-state index contributed by atoms with van der Waals surface area (Å²) >= 11 is 0. The third kappa shape index (κ3) is 7.35. The molecule has 0 bridgehead atoms. The predicted molar refractivity (Wildman–Crippen MR) is 118 cm³/mol. The van der Waals surface area contributed by atoms with Crippen LogP contribution in [0.25, 0.3) is 5.65 Å². The zero-order valence-electron chi connectivity index (χ0n) is 18.0. The number of aromatic nitrogens is 3. The first-order valence-corrected chi connectivity index (χ1v) is 17.2. The van der Waals surface area contributed by atoms with Crippen molar-refractivity contribution in [3.05, 3.63) is 24.0 Å². The molecule has 0 spiro atoms. The lowest BCUT2D eigenvalue weighted by atomic mass is 10.4. The molecule has 0 aliphatic carbocycles. The van der Waals surface area contributed by atoms with E-state index in [4.69, 9.17) is 9.47 Å². The Morgan fingerprint density at radius 3 is 2.11 bits per heavy atom. The van der Waals surface area contributed by atoms with Gasteiger partial charge in [0.25, 0.3) is 0 Å². The number of nitriles is 1. The van der Waals surface area contributed by atoms with Gasteiger partial charge in [-0.15, -0.1) is 0 Å².